The highest BCUT2D eigenvalue weighted by Gasteiger charge is 2.27. The average molecular weight is 492 g/mol. The number of rotatable bonds is 6. The van der Waals surface area contributed by atoms with Gasteiger partial charge in [-0.1, -0.05) is 11.6 Å². The first-order valence-electron chi connectivity index (χ1n) is 9.91. The van der Waals surface area contributed by atoms with Gasteiger partial charge in [-0.2, -0.15) is 4.31 Å². The Balaban J connectivity index is 1.68. The van der Waals surface area contributed by atoms with Crippen molar-refractivity contribution in [3.05, 3.63) is 77.3 Å². The molecule has 33 heavy (non-hydrogen) atoms. The van der Waals surface area contributed by atoms with Gasteiger partial charge in [0.1, 0.15) is 16.7 Å². The van der Waals surface area contributed by atoms with E-state index in [4.69, 9.17) is 21.1 Å². The van der Waals surface area contributed by atoms with Crippen LogP contribution in [0.2, 0.25) is 5.15 Å². The molecule has 2 heterocycles. The van der Waals surface area contributed by atoms with Crippen LogP contribution in [0, 0.1) is 5.82 Å². The molecule has 0 spiro atoms. The van der Waals surface area contributed by atoms with Crippen molar-refractivity contribution in [2.75, 3.05) is 31.6 Å². The predicted molar refractivity (Wildman–Crippen MR) is 120 cm³/mol. The number of pyridine rings is 1. The third kappa shape index (κ3) is 5.48. The molecular formula is C22H19ClFN3O5S. The van der Waals surface area contributed by atoms with Crippen molar-refractivity contribution in [2.24, 2.45) is 0 Å². The van der Waals surface area contributed by atoms with Gasteiger partial charge < -0.3 is 14.8 Å². The van der Waals surface area contributed by atoms with Gasteiger partial charge in [0.2, 0.25) is 10.0 Å². The SMILES string of the molecule is O=C(Nc1cc(S(=O)(=O)N2CCOCC2)ccc1Oc1ccc(F)cc1)c1ccc(Cl)nc1. The highest BCUT2D eigenvalue weighted by Crippen LogP contribution is 2.33. The third-order valence-electron chi connectivity index (χ3n) is 4.84. The van der Waals surface area contributed by atoms with E-state index in [-0.39, 0.29) is 40.1 Å². The number of carbonyl (C=O) groups is 1. The molecule has 3 aromatic rings. The third-order valence-corrected chi connectivity index (χ3v) is 6.96. The fourth-order valence-electron chi connectivity index (χ4n) is 3.13. The minimum atomic E-state index is -3.82. The van der Waals surface area contributed by atoms with Crippen LogP contribution in [-0.4, -0.2) is 49.9 Å². The predicted octanol–water partition coefficient (Wildman–Crippen LogP) is 3.94. The number of carbonyl (C=O) groups excluding carboxylic acids is 1. The van der Waals surface area contributed by atoms with Gasteiger partial charge in [-0.15, -0.1) is 0 Å². The summed E-state index contributed by atoms with van der Waals surface area (Å²) in [6.45, 7) is 1.07. The number of hydrogen-bond donors (Lipinski definition) is 1. The van der Waals surface area contributed by atoms with Crippen LogP contribution in [0.25, 0.3) is 0 Å². The maximum Gasteiger partial charge on any atom is 0.257 e. The molecule has 172 valence electrons. The fourth-order valence-corrected chi connectivity index (χ4v) is 4.67. The molecule has 0 bridgehead atoms. The van der Waals surface area contributed by atoms with Crippen LogP contribution in [0.1, 0.15) is 10.4 Å². The molecule has 0 radical (unpaired) electrons. The Morgan fingerprint density at radius 3 is 2.48 bits per heavy atom. The topological polar surface area (TPSA) is 97.8 Å². The minimum Gasteiger partial charge on any atom is -0.455 e. The van der Waals surface area contributed by atoms with Gasteiger partial charge >= 0.3 is 0 Å². The normalized spacial score (nSPS) is 14.6. The molecule has 1 amide bonds. The number of morpholine rings is 1. The summed E-state index contributed by atoms with van der Waals surface area (Å²) in [4.78, 5) is 16.6. The monoisotopic (exact) mass is 491 g/mol. The molecule has 8 nitrogen and oxygen atoms in total. The summed E-state index contributed by atoms with van der Waals surface area (Å²) in [6.07, 6.45) is 1.30. The van der Waals surface area contributed by atoms with Crippen LogP contribution in [-0.2, 0) is 14.8 Å². The number of halogens is 2. The second-order valence-corrected chi connectivity index (χ2v) is 9.38. The molecule has 1 N–H and O–H groups in total. The minimum absolute atomic E-state index is 0.0135. The van der Waals surface area contributed by atoms with E-state index in [2.05, 4.69) is 10.3 Å². The molecule has 1 aliphatic rings. The fraction of sp³-hybridized carbons (Fsp3) is 0.182. The van der Waals surface area contributed by atoms with Crippen LogP contribution in [0.4, 0.5) is 10.1 Å². The van der Waals surface area contributed by atoms with E-state index in [0.29, 0.717) is 19.0 Å². The van der Waals surface area contributed by atoms with Crippen molar-refractivity contribution < 1.29 is 27.1 Å². The van der Waals surface area contributed by atoms with Crippen molar-refractivity contribution >= 4 is 33.2 Å². The largest absolute Gasteiger partial charge is 0.455 e. The molecule has 0 saturated carbocycles. The number of benzene rings is 2. The van der Waals surface area contributed by atoms with Gasteiger partial charge in [0.25, 0.3) is 5.91 Å². The van der Waals surface area contributed by atoms with E-state index in [0.717, 1.165) is 0 Å². The molecule has 1 saturated heterocycles. The van der Waals surface area contributed by atoms with Gasteiger partial charge in [-0.25, -0.2) is 17.8 Å². The van der Waals surface area contributed by atoms with Gasteiger partial charge in [0.15, 0.2) is 5.75 Å². The Bertz CT molecular complexity index is 1250. The van der Waals surface area contributed by atoms with E-state index in [1.54, 1.807) is 0 Å². The maximum atomic E-state index is 13.2. The summed E-state index contributed by atoms with van der Waals surface area (Å²) in [5, 5.41) is 2.89. The van der Waals surface area contributed by atoms with Crippen LogP contribution in [0.3, 0.4) is 0 Å². The van der Waals surface area contributed by atoms with E-state index < -0.39 is 21.7 Å². The Morgan fingerprint density at radius 2 is 1.82 bits per heavy atom. The summed E-state index contributed by atoms with van der Waals surface area (Å²) >= 11 is 5.78. The Hall–Kier alpha value is -3.05. The number of nitrogens with one attached hydrogen (secondary N) is 1. The molecule has 1 aliphatic heterocycles. The summed E-state index contributed by atoms with van der Waals surface area (Å²) in [5.41, 5.74) is 0.335. The molecule has 4 rings (SSSR count). The first-order valence-corrected chi connectivity index (χ1v) is 11.7. The van der Waals surface area contributed by atoms with Crippen LogP contribution in [0.15, 0.2) is 65.7 Å². The zero-order chi connectivity index (χ0) is 23.4. The first kappa shape index (κ1) is 23.1. The van der Waals surface area contributed by atoms with E-state index in [1.165, 1.54) is 65.1 Å². The van der Waals surface area contributed by atoms with Crippen LogP contribution < -0.4 is 10.1 Å². The first-order chi connectivity index (χ1) is 15.8. The lowest BCUT2D eigenvalue weighted by atomic mass is 10.2. The average Bonchev–Trinajstić information content (AvgIpc) is 2.82. The number of amides is 1. The van der Waals surface area contributed by atoms with Crippen molar-refractivity contribution in [3.63, 3.8) is 0 Å². The Labute approximate surface area is 195 Å². The van der Waals surface area contributed by atoms with Crippen LogP contribution in [0.5, 0.6) is 11.5 Å². The number of sulfonamides is 1. The molecule has 2 aromatic carbocycles. The molecular weight excluding hydrogens is 473 g/mol. The van der Waals surface area contributed by atoms with Crippen molar-refractivity contribution in [1.29, 1.82) is 0 Å². The highest BCUT2D eigenvalue weighted by molar-refractivity contribution is 7.89. The van der Waals surface area contributed by atoms with Gasteiger partial charge in [-0.3, -0.25) is 4.79 Å². The van der Waals surface area contributed by atoms with Gasteiger partial charge in [0, 0.05) is 19.3 Å². The van der Waals surface area contributed by atoms with Gasteiger partial charge in [0.05, 0.1) is 29.4 Å². The smallest absolute Gasteiger partial charge is 0.257 e. The molecule has 0 aliphatic carbocycles. The summed E-state index contributed by atoms with van der Waals surface area (Å²) in [5.74, 6) is -0.483. The van der Waals surface area contributed by atoms with Crippen molar-refractivity contribution in [2.45, 2.75) is 4.90 Å². The van der Waals surface area contributed by atoms with E-state index >= 15 is 0 Å². The Kier molecular flexibility index (Phi) is 6.89. The summed E-state index contributed by atoms with van der Waals surface area (Å²) in [7, 11) is -3.82. The molecule has 0 atom stereocenters. The molecule has 11 heteroatoms. The molecule has 0 unspecified atom stereocenters. The maximum absolute atomic E-state index is 13.2. The summed E-state index contributed by atoms with van der Waals surface area (Å²) in [6, 6.07) is 12.4. The lowest BCUT2D eigenvalue weighted by Crippen LogP contribution is -2.40. The zero-order valence-corrected chi connectivity index (χ0v) is 18.8. The Morgan fingerprint density at radius 1 is 1.09 bits per heavy atom. The van der Waals surface area contributed by atoms with Crippen LogP contribution >= 0.6 is 11.6 Å². The van der Waals surface area contributed by atoms with E-state index in [9.17, 15) is 17.6 Å². The number of aromatic nitrogens is 1. The standard InChI is InChI=1S/C22H19ClFN3O5S/c23-21-8-1-15(14-25-21)22(28)26-19-13-18(33(29,30)27-9-11-31-12-10-27)6-7-20(19)32-17-4-2-16(24)3-5-17/h1-8,13-14H,9-12H2,(H,26,28). The number of hydrogen-bond acceptors (Lipinski definition) is 6. The number of ether oxygens (including phenoxy) is 2. The number of anilines is 1. The zero-order valence-electron chi connectivity index (χ0n) is 17.2. The summed E-state index contributed by atoms with van der Waals surface area (Å²) < 4.78 is 51.8. The van der Waals surface area contributed by atoms with Gasteiger partial charge in [-0.05, 0) is 54.6 Å². The molecule has 1 fully saturated rings. The quantitative estimate of drug-likeness (QED) is 0.524. The number of nitrogens with zero attached hydrogens (tertiary/aromatic N) is 2. The second kappa shape index (κ2) is 9.84. The lowest BCUT2D eigenvalue weighted by Gasteiger charge is -2.26. The second-order valence-electron chi connectivity index (χ2n) is 7.05. The van der Waals surface area contributed by atoms with E-state index in [1.807, 2.05) is 0 Å². The highest BCUT2D eigenvalue weighted by atomic mass is 35.5. The molecule has 1 aromatic heterocycles. The van der Waals surface area contributed by atoms with Crippen molar-refractivity contribution in [1.82, 2.24) is 9.29 Å². The lowest BCUT2D eigenvalue weighted by molar-refractivity contribution is 0.0730. The van der Waals surface area contributed by atoms with Crippen molar-refractivity contribution in [3.8, 4) is 11.5 Å².